The molecule has 0 saturated heterocycles. The number of ether oxygens (including phenoxy) is 1. The Bertz CT molecular complexity index is 1260. The molecule has 0 radical (unpaired) electrons. The highest BCUT2D eigenvalue weighted by molar-refractivity contribution is 7.99. The number of esters is 1. The standard InChI is InChI=1S/C23H29N5O4S3/c1-7-8-28-20(15-9-33-14(6)12(15)4)26-27-23(28)34-10-16(29)25-21-17(22(31)32-11(2)3)13(5)18(35-21)19(24)30/h9,11H,7-8,10H2,1-6H3,(H2,24,30)(H,25,29). The molecule has 0 aromatic carbocycles. The minimum atomic E-state index is -0.667. The summed E-state index contributed by atoms with van der Waals surface area (Å²) < 4.78 is 7.32. The largest absolute Gasteiger partial charge is 0.459 e. The molecule has 0 atom stereocenters. The van der Waals surface area contributed by atoms with Gasteiger partial charge in [-0.25, -0.2) is 4.79 Å². The van der Waals surface area contributed by atoms with Crippen molar-refractivity contribution in [2.75, 3.05) is 11.1 Å². The maximum absolute atomic E-state index is 12.8. The second-order valence-corrected chi connectivity index (χ2v) is 11.3. The van der Waals surface area contributed by atoms with Gasteiger partial charge in [0, 0.05) is 22.4 Å². The lowest BCUT2D eigenvalue weighted by atomic mass is 10.1. The molecule has 0 aliphatic carbocycles. The lowest BCUT2D eigenvalue weighted by Gasteiger charge is -2.11. The van der Waals surface area contributed by atoms with Gasteiger partial charge in [-0.05, 0) is 52.2 Å². The molecule has 188 valence electrons. The van der Waals surface area contributed by atoms with Crippen LogP contribution in [0, 0.1) is 20.8 Å². The first kappa shape index (κ1) is 26.9. The second kappa shape index (κ2) is 11.4. The molecule has 0 saturated carbocycles. The van der Waals surface area contributed by atoms with Gasteiger partial charge in [-0.15, -0.1) is 32.9 Å². The van der Waals surface area contributed by atoms with Gasteiger partial charge in [0.1, 0.15) is 5.00 Å². The number of carbonyl (C=O) groups excluding carboxylic acids is 3. The third-order valence-corrected chi connectivity index (χ3v) is 8.40. The van der Waals surface area contributed by atoms with Gasteiger partial charge in [0.25, 0.3) is 5.91 Å². The van der Waals surface area contributed by atoms with Crippen LogP contribution >= 0.6 is 34.4 Å². The first-order chi connectivity index (χ1) is 16.5. The highest BCUT2D eigenvalue weighted by Crippen LogP contribution is 2.35. The van der Waals surface area contributed by atoms with Crippen LogP contribution in [0.5, 0.6) is 0 Å². The predicted molar refractivity (Wildman–Crippen MR) is 141 cm³/mol. The van der Waals surface area contributed by atoms with E-state index < -0.39 is 11.9 Å². The summed E-state index contributed by atoms with van der Waals surface area (Å²) in [6, 6.07) is 0. The number of carbonyl (C=O) groups is 3. The van der Waals surface area contributed by atoms with E-state index in [4.69, 9.17) is 10.5 Å². The number of nitrogens with one attached hydrogen (secondary N) is 1. The van der Waals surface area contributed by atoms with Crippen molar-refractivity contribution >= 4 is 57.2 Å². The summed E-state index contributed by atoms with van der Waals surface area (Å²) in [5, 5.41) is 14.4. The quantitative estimate of drug-likeness (QED) is 0.282. The molecule has 0 bridgehead atoms. The van der Waals surface area contributed by atoms with Gasteiger partial charge >= 0.3 is 5.97 Å². The van der Waals surface area contributed by atoms with E-state index in [1.807, 2.05) is 4.57 Å². The average molecular weight is 536 g/mol. The Kier molecular flexibility index (Phi) is 8.73. The van der Waals surface area contributed by atoms with E-state index in [1.165, 1.54) is 22.2 Å². The number of nitrogens with zero attached hydrogens (tertiary/aromatic N) is 3. The number of amides is 2. The minimum absolute atomic E-state index is 0.0466. The number of thioether (sulfide) groups is 1. The molecular weight excluding hydrogens is 506 g/mol. The molecule has 35 heavy (non-hydrogen) atoms. The molecule has 0 fully saturated rings. The molecule has 9 nitrogen and oxygen atoms in total. The Morgan fingerprint density at radius 2 is 1.91 bits per heavy atom. The summed E-state index contributed by atoms with van der Waals surface area (Å²) in [5.74, 6) is -0.792. The lowest BCUT2D eigenvalue weighted by Crippen LogP contribution is -2.18. The fourth-order valence-electron chi connectivity index (χ4n) is 3.40. The van der Waals surface area contributed by atoms with E-state index in [0.717, 1.165) is 35.7 Å². The molecule has 12 heteroatoms. The molecule has 0 aliphatic heterocycles. The monoisotopic (exact) mass is 535 g/mol. The Balaban J connectivity index is 1.80. The molecule has 0 unspecified atom stereocenters. The number of hydrogen-bond acceptors (Lipinski definition) is 9. The van der Waals surface area contributed by atoms with Crippen LogP contribution in [-0.2, 0) is 16.1 Å². The predicted octanol–water partition coefficient (Wildman–Crippen LogP) is 4.80. The number of hydrogen-bond donors (Lipinski definition) is 2. The third kappa shape index (κ3) is 5.93. The number of nitrogens with two attached hydrogens (primary N) is 1. The zero-order valence-corrected chi connectivity index (χ0v) is 23.0. The van der Waals surface area contributed by atoms with Gasteiger partial charge in [-0.1, -0.05) is 18.7 Å². The summed E-state index contributed by atoms with van der Waals surface area (Å²) in [6.45, 7) is 12.0. The smallest absolute Gasteiger partial charge is 0.341 e. The molecular formula is C23H29N5O4S3. The minimum Gasteiger partial charge on any atom is -0.459 e. The van der Waals surface area contributed by atoms with E-state index in [9.17, 15) is 14.4 Å². The summed E-state index contributed by atoms with van der Waals surface area (Å²) in [4.78, 5) is 38.7. The molecule has 0 aliphatic rings. The average Bonchev–Trinajstić information content (AvgIpc) is 3.42. The summed E-state index contributed by atoms with van der Waals surface area (Å²) in [5.41, 5.74) is 8.22. The van der Waals surface area contributed by atoms with Crippen molar-refractivity contribution in [2.45, 2.75) is 65.8 Å². The van der Waals surface area contributed by atoms with Crippen LogP contribution in [0.3, 0.4) is 0 Å². The van der Waals surface area contributed by atoms with Crippen LogP contribution in [0.15, 0.2) is 10.5 Å². The first-order valence-electron chi connectivity index (χ1n) is 11.1. The van der Waals surface area contributed by atoms with Crippen molar-refractivity contribution in [1.29, 1.82) is 0 Å². The van der Waals surface area contributed by atoms with Crippen molar-refractivity contribution < 1.29 is 19.1 Å². The fourth-order valence-corrected chi connectivity index (χ4v) is 6.09. The Morgan fingerprint density at radius 3 is 2.49 bits per heavy atom. The number of primary amides is 1. The lowest BCUT2D eigenvalue weighted by molar-refractivity contribution is -0.113. The number of aryl methyl sites for hydroxylation is 1. The van der Waals surface area contributed by atoms with Gasteiger partial charge in [-0.3, -0.25) is 9.59 Å². The fraction of sp³-hybridized carbons (Fsp3) is 0.435. The van der Waals surface area contributed by atoms with Gasteiger partial charge in [-0.2, -0.15) is 0 Å². The van der Waals surface area contributed by atoms with E-state index in [1.54, 1.807) is 32.1 Å². The molecule has 3 rings (SSSR count). The van der Waals surface area contributed by atoms with Crippen molar-refractivity contribution in [3.05, 3.63) is 31.8 Å². The van der Waals surface area contributed by atoms with Gasteiger partial charge in [0.15, 0.2) is 11.0 Å². The number of anilines is 1. The van der Waals surface area contributed by atoms with Gasteiger partial charge in [0.05, 0.1) is 22.3 Å². The molecule has 3 heterocycles. The van der Waals surface area contributed by atoms with Crippen molar-refractivity contribution in [2.24, 2.45) is 5.73 Å². The highest BCUT2D eigenvalue weighted by Gasteiger charge is 2.27. The van der Waals surface area contributed by atoms with Crippen LogP contribution in [0.2, 0.25) is 0 Å². The zero-order valence-electron chi connectivity index (χ0n) is 20.6. The Labute approximate surface area is 216 Å². The molecule has 3 aromatic heterocycles. The van der Waals surface area contributed by atoms with Crippen LogP contribution in [0.25, 0.3) is 11.4 Å². The second-order valence-electron chi connectivity index (χ2n) is 8.20. The van der Waals surface area contributed by atoms with E-state index in [2.05, 4.69) is 41.7 Å². The number of aromatic nitrogens is 3. The summed E-state index contributed by atoms with van der Waals surface area (Å²) >= 11 is 3.90. The number of thiophene rings is 2. The van der Waals surface area contributed by atoms with Crippen molar-refractivity contribution in [1.82, 2.24) is 14.8 Å². The Morgan fingerprint density at radius 1 is 1.20 bits per heavy atom. The zero-order chi connectivity index (χ0) is 25.9. The topological polar surface area (TPSA) is 129 Å². The Hall–Kier alpha value is -2.70. The van der Waals surface area contributed by atoms with Crippen molar-refractivity contribution in [3.8, 4) is 11.4 Å². The van der Waals surface area contributed by atoms with Crippen LogP contribution in [0.1, 0.15) is 63.2 Å². The molecule has 3 N–H and O–H groups in total. The summed E-state index contributed by atoms with van der Waals surface area (Å²) in [7, 11) is 0. The van der Waals surface area contributed by atoms with E-state index >= 15 is 0 Å². The van der Waals surface area contributed by atoms with Crippen molar-refractivity contribution in [3.63, 3.8) is 0 Å². The van der Waals surface area contributed by atoms with E-state index in [0.29, 0.717) is 10.7 Å². The maximum Gasteiger partial charge on any atom is 0.341 e. The normalized spacial score (nSPS) is 11.2. The third-order valence-electron chi connectivity index (χ3n) is 5.19. The molecule has 3 aromatic rings. The van der Waals surface area contributed by atoms with Gasteiger partial charge < -0.3 is 20.4 Å². The molecule has 0 spiro atoms. The van der Waals surface area contributed by atoms with Crippen LogP contribution in [0.4, 0.5) is 5.00 Å². The summed E-state index contributed by atoms with van der Waals surface area (Å²) in [6.07, 6.45) is 0.534. The van der Waals surface area contributed by atoms with Crippen LogP contribution in [-0.4, -0.2) is 44.4 Å². The maximum atomic E-state index is 12.8. The number of rotatable bonds is 10. The molecule has 2 amide bonds. The van der Waals surface area contributed by atoms with Gasteiger partial charge in [0.2, 0.25) is 5.91 Å². The van der Waals surface area contributed by atoms with E-state index in [-0.39, 0.29) is 33.2 Å². The highest BCUT2D eigenvalue weighted by atomic mass is 32.2. The SMILES string of the molecule is CCCn1c(SCC(=O)Nc2sc(C(N)=O)c(C)c2C(=O)OC(C)C)nnc1-c1csc(C)c1C. The first-order valence-corrected chi connectivity index (χ1v) is 13.8. The van der Waals surface area contributed by atoms with Crippen LogP contribution < -0.4 is 11.1 Å².